The summed E-state index contributed by atoms with van der Waals surface area (Å²) < 4.78 is 5.83. The van der Waals surface area contributed by atoms with Crippen LogP contribution in [0.1, 0.15) is 27.3 Å². The molecule has 2 aromatic carbocycles. The van der Waals surface area contributed by atoms with Crippen molar-refractivity contribution in [2.75, 3.05) is 0 Å². The fraction of sp³-hybridized carbons (Fsp3) is 0.143. The van der Waals surface area contributed by atoms with Gasteiger partial charge in [0.25, 0.3) is 0 Å². The van der Waals surface area contributed by atoms with Crippen molar-refractivity contribution in [3.63, 3.8) is 0 Å². The number of rotatable bonds is 5. The van der Waals surface area contributed by atoms with E-state index in [1.165, 1.54) is 0 Å². The molecule has 0 aliphatic heterocycles. The quantitative estimate of drug-likeness (QED) is 0.739. The zero-order valence-electron chi connectivity index (χ0n) is 14.2. The first-order chi connectivity index (χ1) is 12.0. The lowest BCUT2D eigenvalue weighted by Gasteiger charge is -2.10. The van der Waals surface area contributed by atoms with Crippen LogP contribution in [0.5, 0.6) is 5.75 Å². The third kappa shape index (κ3) is 4.04. The van der Waals surface area contributed by atoms with Crippen LogP contribution in [0.3, 0.4) is 0 Å². The summed E-state index contributed by atoms with van der Waals surface area (Å²) in [5.74, 6) is -0.128. The van der Waals surface area contributed by atoms with E-state index in [1.807, 2.05) is 62.4 Å². The molecular weight excluding hydrogens is 314 g/mol. The first-order valence-electron chi connectivity index (χ1n) is 8.02. The van der Waals surface area contributed by atoms with Gasteiger partial charge in [0.05, 0.1) is 5.56 Å². The van der Waals surface area contributed by atoms with Crippen molar-refractivity contribution >= 4 is 5.97 Å². The summed E-state index contributed by atoms with van der Waals surface area (Å²) in [5.41, 5.74) is 4.75. The Morgan fingerprint density at radius 2 is 1.64 bits per heavy atom. The number of hydrogen-bond donors (Lipinski definition) is 1. The number of ether oxygens (including phenoxy) is 1. The molecule has 0 spiro atoms. The molecule has 0 aliphatic rings. The Bertz CT molecular complexity index is 881. The van der Waals surface area contributed by atoms with Crippen molar-refractivity contribution < 1.29 is 14.6 Å². The predicted octanol–water partition coefficient (Wildman–Crippen LogP) is 4.64. The van der Waals surface area contributed by atoms with Crippen molar-refractivity contribution in [1.29, 1.82) is 0 Å². The molecule has 0 saturated carbocycles. The van der Waals surface area contributed by atoms with Gasteiger partial charge in [0, 0.05) is 23.5 Å². The summed E-state index contributed by atoms with van der Waals surface area (Å²) in [6, 6.07) is 18.6. The summed E-state index contributed by atoms with van der Waals surface area (Å²) >= 11 is 0. The maximum absolute atomic E-state index is 11.4. The van der Waals surface area contributed by atoms with Crippen LogP contribution in [0.4, 0.5) is 0 Å². The van der Waals surface area contributed by atoms with E-state index in [9.17, 15) is 9.90 Å². The van der Waals surface area contributed by atoms with E-state index in [1.54, 1.807) is 12.1 Å². The Hall–Kier alpha value is -3.14. The van der Waals surface area contributed by atoms with Crippen LogP contribution in [0.25, 0.3) is 11.1 Å². The number of aromatic nitrogens is 1. The number of aryl methyl sites for hydroxylation is 2. The first-order valence-corrected chi connectivity index (χ1v) is 8.02. The van der Waals surface area contributed by atoms with Gasteiger partial charge in [-0.25, -0.2) is 4.79 Å². The number of pyridine rings is 1. The smallest absolute Gasteiger partial charge is 0.336 e. The van der Waals surface area contributed by atoms with Crippen LogP contribution < -0.4 is 4.74 Å². The second-order valence-electron chi connectivity index (χ2n) is 5.92. The molecule has 0 fully saturated rings. The van der Waals surface area contributed by atoms with E-state index in [2.05, 4.69) is 4.98 Å². The van der Waals surface area contributed by atoms with Gasteiger partial charge in [-0.15, -0.1) is 0 Å². The van der Waals surface area contributed by atoms with Gasteiger partial charge in [0.15, 0.2) is 0 Å². The zero-order valence-corrected chi connectivity index (χ0v) is 14.2. The van der Waals surface area contributed by atoms with Gasteiger partial charge >= 0.3 is 5.97 Å². The maximum Gasteiger partial charge on any atom is 0.336 e. The third-order valence-corrected chi connectivity index (χ3v) is 3.88. The number of carbonyl (C=O) groups is 1. The SMILES string of the molecule is Cc1cc(OCc2ccc(-c3ccccc3C(=O)O)cc2)cc(C)n1. The highest BCUT2D eigenvalue weighted by Crippen LogP contribution is 2.24. The highest BCUT2D eigenvalue weighted by molar-refractivity contribution is 5.95. The van der Waals surface area contributed by atoms with Crippen molar-refractivity contribution in [3.05, 3.63) is 83.2 Å². The van der Waals surface area contributed by atoms with E-state index in [-0.39, 0.29) is 0 Å². The number of nitrogens with zero attached hydrogens (tertiary/aromatic N) is 1. The summed E-state index contributed by atoms with van der Waals surface area (Å²) in [7, 11) is 0. The van der Waals surface area contributed by atoms with E-state index in [0.717, 1.165) is 28.3 Å². The monoisotopic (exact) mass is 333 g/mol. The van der Waals surface area contributed by atoms with E-state index >= 15 is 0 Å². The molecule has 25 heavy (non-hydrogen) atoms. The molecule has 0 aliphatic carbocycles. The normalized spacial score (nSPS) is 10.5. The van der Waals surface area contributed by atoms with E-state index in [4.69, 9.17) is 4.74 Å². The molecule has 1 heterocycles. The highest BCUT2D eigenvalue weighted by atomic mass is 16.5. The standard InChI is InChI=1S/C21H19NO3/c1-14-11-18(12-15(2)22-14)25-13-16-7-9-17(10-8-16)19-5-3-4-6-20(19)21(23)24/h3-12H,13H2,1-2H3,(H,23,24). The molecule has 1 aromatic heterocycles. The molecule has 126 valence electrons. The lowest BCUT2D eigenvalue weighted by Crippen LogP contribution is -2.00. The predicted molar refractivity (Wildman–Crippen MR) is 96.9 cm³/mol. The van der Waals surface area contributed by atoms with Crippen LogP contribution in [0, 0.1) is 13.8 Å². The minimum atomic E-state index is -0.925. The third-order valence-electron chi connectivity index (χ3n) is 3.88. The Labute approximate surface area is 146 Å². The summed E-state index contributed by atoms with van der Waals surface area (Å²) in [5, 5.41) is 9.31. The van der Waals surface area contributed by atoms with Gasteiger partial charge in [-0.05, 0) is 36.6 Å². The van der Waals surface area contributed by atoms with Gasteiger partial charge in [-0.2, -0.15) is 0 Å². The summed E-state index contributed by atoms with van der Waals surface area (Å²) in [6.45, 7) is 4.33. The minimum Gasteiger partial charge on any atom is -0.489 e. The maximum atomic E-state index is 11.4. The summed E-state index contributed by atoms with van der Waals surface area (Å²) in [4.78, 5) is 15.7. The van der Waals surface area contributed by atoms with E-state index < -0.39 is 5.97 Å². The molecule has 3 rings (SSSR count). The molecule has 3 aromatic rings. The molecular formula is C21H19NO3. The second-order valence-corrected chi connectivity index (χ2v) is 5.92. The largest absolute Gasteiger partial charge is 0.489 e. The average Bonchev–Trinajstić information content (AvgIpc) is 2.59. The van der Waals surface area contributed by atoms with Crippen LogP contribution in [-0.4, -0.2) is 16.1 Å². The lowest BCUT2D eigenvalue weighted by molar-refractivity contribution is 0.0697. The van der Waals surface area contributed by atoms with Gasteiger partial charge in [0.1, 0.15) is 12.4 Å². The van der Waals surface area contributed by atoms with Crippen LogP contribution >= 0.6 is 0 Å². The molecule has 0 radical (unpaired) electrons. The second kappa shape index (κ2) is 7.18. The molecule has 4 heteroatoms. The van der Waals surface area contributed by atoms with Crippen molar-refractivity contribution in [2.24, 2.45) is 0 Å². The molecule has 1 N–H and O–H groups in total. The molecule has 0 amide bonds. The number of aromatic carboxylic acids is 1. The number of hydrogen-bond acceptors (Lipinski definition) is 3. The highest BCUT2D eigenvalue weighted by Gasteiger charge is 2.10. The zero-order chi connectivity index (χ0) is 17.8. The van der Waals surface area contributed by atoms with Gasteiger partial charge in [-0.1, -0.05) is 42.5 Å². The van der Waals surface area contributed by atoms with Crippen molar-refractivity contribution in [3.8, 4) is 16.9 Å². The van der Waals surface area contributed by atoms with Crippen molar-refractivity contribution in [2.45, 2.75) is 20.5 Å². The number of carboxylic acid groups (broad SMARTS) is 1. The van der Waals surface area contributed by atoms with E-state index in [0.29, 0.717) is 17.7 Å². The van der Waals surface area contributed by atoms with Gasteiger partial charge in [-0.3, -0.25) is 4.98 Å². The summed E-state index contributed by atoms with van der Waals surface area (Å²) in [6.07, 6.45) is 0. The lowest BCUT2D eigenvalue weighted by atomic mass is 9.99. The fourth-order valence-corrected chi connectivity index (χ4v) is 2.75. The Morgan fingerprint density at radius 1 is 1.00 bits per heavy atom. The number of benzene rings is 2. The van der Waals surface area contributed by atoms with Crippen LogP contribution in [0.2, 0.25) is 0 Å². The molecule has 0 saturated heterocycles. The Balaban J connectivity index is 1.76. The molecule has 0 bridgehead atoms. The van der Waals surface area contributed by atoms with Gasteiger partial charge in [0.2, 0.25) is 0 Å². The first kappa shape index (κ1) is 16.7. The van der Waals surface area contributed by atoms with Crippen LogP contribution in [0.15, 0.2) is 60.7 Å². The van der Waals surface area contributed by atoms with Gasteiger partial charge < -0.3 is 9.84 Å². The topological polar surface area (TPSA) is 59.4 Å². The Kier molecular flexibility index (Phi) is 4.80. The average molecular weight is 333 g/mol. The fourth-order valence-electron chi connectivity index (χ4n) is 2.75. The molecule has 0 unspecified atom stereocenters. The Morgan fingerprint density at radius 3 is 2.28 bits per heavy atom. The minimum absolute atomic E-state index is 0.300. The van der Waals surface area contributed by atoms with Crippen molar-refractivity contribution in [1.82, 2.24) is 4.98 Å². The molecule has 0 atom stereocenters. The molecule has 4 nitrogen and oxygen atoms in total. The number of carboxylic acids is 1. The van der Waals surface area contributed by atoms with Crippen LogP contribution in [-0.2, 0) is 6.61 Å².